The van der Waals surface area contributed by atoms with Crippen molar-refractivity contribution >= 4 is 23.6 Å². The van der Waals surface area contributed by atoms with Crippen LogP contribution in [0.4, 0.5) is 4.39 Å². The molecule has 28 heavy (non-hydrogen) atoms. The Morgan fingerprint density at radius 1 is 1.21 bits per heavy atom. The van der Waals surface area contributed by atoms with E-state index in [4.69, 9.17) is 16.3 Å². The molecule has 1 aromatic heterocycles. The van der Waals surface area contributed by atoms with E-state index in [1.54, 1.807) is 32.2 Å². The van der Waals surface area contributed by atoms with Crippen molar-refractivity contribution in [3.8, 4) is 11.4 Å². The number of rotatable bonds is 6. The summed E-state index contributed by atoms with van der Waals surface area (Å²) in [6.45, 7) is 2.19. The molecule has 0 aliphatic heterocycles. The highest BCUT2D eigenvalue weighted by molar-refractivity contribution is 6.31. The minimum absolute atomic E-state index is 0.249. The first kappa shape index (κ1) is 19.6. The van der Waals surface area contributed by atoms with Gasteiger partial charge in [0.2, 0.25) is 5.91 Å². The van der Waals surface area contributed by atoms with Crippen LogP contribution in [-0.2, 0) is 11.3 Å². The molecule has 0 saturated heterocycles. The van der Waals surface area contributed by atoms with E-state index in [9.17, 15) is 9.18 Å². The number of benzene rings is 2. The topological polar surface area (TPSA) is 56.1 Å². The second-order valence-electron chi connectivity index (χ2n) is 6.08. The first-order valence-electron chi connectivity index (χ1n) is 8.58. The van der Waals surface area contributed by atoms with Crippen LogP contribution < -0.4 is 10.1 Å². The maximum Gasteiger partial charge on any atom is 0.244 e. The highest BCUT2D eigenvalue weighted by Gasteiger charge is 2.13. The lowest BCUT2D eigenvalue weighted by atomic mass is 10.2. The molecule has 0 fully saturated rings. The fourth-order valence-electron chi connectivity index (χ4n) is 2.60. The molecule has 0 saturated carbocycles. The highest BCUT2D eigenvalue weighted by Crippen LogP contribution is 2.24. The van der Waals surface area contributed by atoms with E-state index in [0.29, 0.717) is 28.6 Å². The molecule has 0 unspecified atom stereocenters. The van der Waals surface area contributed by atoms with Crippen LogP contribution in [0.15, 0.2) is 54.6 Å². The van der Waals surface area contributed by atoms with Crippen LogP contribution in [0.5, 0.6) is 5.75 Å². The van der Waals surface area contributed by atoms with Crippen LogP contribution in [0, 0.1) is 12.7 Å². The van der Waals surface area contributed by atoms with E-state index < -0.39 is 0 Å². The lowest BCUT2D eigenvalue weighted by molar-refractivity contribution is -0.116. The molecular weight excluding hydrogens is 381 g/mol. The fourth-order valence-corrected chi connectivity index (χ4v) is 2.94. The van der Waals surface area contributed by atoms with Crippen molar-refractivity contribution < 1.29 is 13.9 Å². The molecule has 0 bridgehead atoms. The summed E-state index contributed by atoms with van der Waals surface area (Å²) in [6, 6.07) is 13.3. The van der Waals surface area contributed by atoms with Crippen LogP contribution in [-0.4, -0.2) is 22.8 Å². The molecule has 1 amide bonds. The molecule has 0 aliphatic rings. The molecule has 3 aromatic rings. The first-order valence-corrected chi connectivity index (χ1v) is 8.95. The summed E-state index contributed by atoms with van der Waals surface area (Å²) < 4.78 is 19.7. The third-order valence-electron chi connectivity index (χ3n) is 4.15. The van der Waals surface area contributed by atoms with Crippen LogP contribution in [0.2, 0.25) is 5.15 Å². The van der Waals surface area contributed by atoms with E-state index in [0.717, 1.165) is 11.3 Å². The fraction of sp³-hybridized carbons (Fsp3) is 0.143. The zero-order valence-corrected chi connectivity index (χ0v) is 16.2. The average Bonchev–Trinajstić information content (AvgIpc) is 2.99. The summed E-state index contributed by atoms with van der Waals surface area (Å²) in [7, 11) is 1.60. The van der Waals surface area contributed by atoms with Crippen LogP contribution in [0.3, 0.4) is 0 Å². The van der Waals surface area contributed by atoms with Gasteiger partial charge < -0.3 is 10.1 Å². The first-order chi connectivity index (χ1) is 13.5. The SMILES string of the molecule is COc1ccc(CNC(=O)/C=C/c2c(C)nn(-c3ccc(F)cc3)c2Cl)cc1. The Kier molecular flexibility index (Phi) is 6.11. The van der Waals surface area contributed by atoms with Gasteiger partial charge in [-0.2, -0.15) is 5.10 Å². The van der Waals surface area contributed by atoms with Gasteiger partial charge in [-0.25, -0.2) is 9.07 Å². The van der Waals surface area contributed by atoms with Crippen molar-refractivity contribution in [1.82, 2.24) is 15.1 Å². The lowest BCUT2D eigenvalue weighted by Crippen LogP contribution is -2.20. The molecule has 2 aromatic carbocycles. The number of amides is 1. The second kappa shape index (κ2) is 8.71. The van der Waals surface area contributed by atoms with Gasteiger partial charge in [0.1, 0.15) is 16.7 Å². The van der Waals surface area contributed by atoms with Crippen molar-refractivity contribution in [3.05, 3.63) is 82.4 Å². The summed E-state index contributed by atoms with van der Waals surface area (Å²) in [5, 5.41) is 7.53. The molecule has 0 atom stereocenters. The van der Waals surface area contributed by atoms with Gasteiger partial charge in [-0.15, -0.1) is 0 Å². The van der Waals surface area contributed by atoms with Gasteiger partial charge >= 0.3 is 0 Å². The number of carbonyl (C=O) groups is 1. The van der Waals surface area contributed by atoms with E-state index in [2.05, 4.69) is 10.4 Å². The Bertz CT molecular complexity index is 996. The highest BCUT2D eigenvalue weighted by atomic mass is 35.5. The summed E-state index contributed by atoms with van der Waals surface area (Å²) in [6.07, 6.45) is 3.03. The number of nitrogens with one attached hydrogen (secondary N) is 1. The molecule has 7 heteroatoms. The normalized spacial score (nSPS) is 11.0. The molecule has 0 spiro atoms. The lowest BCUT2D eigenvalue weighted by Gasteiger charge is -2.04. The van der Waals surface area contributed by atoms with Crippen LogP contribution in [0.1, 0.15) is 16.8 Å². The van der Waals surface area contributed by atoms with Gasteiger partial charge in [-0.1, -0.05) is 23.7 Å². The number of aromatic nitrogens is 2. The van der Waals surface area contributed by atoms with Gasteiger partial charge in [0.15, 0.2) is 0 Å². The molecule has 5 nitrogen and oxygen atoms in total. The number of methoxy groups -OCH3 is 1. The van der Waals surface area contributed by atoms with E-state index in [-0.39, 0.29) is 11.7 Å². The number of carbonyl (C=O) groups excluding carboxylic acids is 1. The molecule has 1 N–H and O–H groups in total. The van der Waals surface area contributed by atoms with Crippen molar-refractivity contribution in [3.63, 3.8) is 0 Å². The van der Waals surface area contributed by atoms with Crippen molar-refractivity contribution in [1.29, 1.82) is 0 Å². The average molecular weight is 400 g/mol. The maximum atomic E-state index is 13.1. The van der Waals surface area contributed by atoms with Gasteiger partial charge in [-0.3, -0.25) is 4.79 Å². The Morgan fingerprint density at radius 3 is 2.54 bits per heavy atom. The predicted octanol–water partition coefficient (Wildman–Crippen LogP) is 4.31. The molecule has 3 rings (SSSR count). The number of hydrogen-bond acceptors (Lipinski definition) is 3. The van der Waals surface area contributed by atoms with Gasteiger partial charge in [0, 0.05) is 18.2 Å². The smallest absolute Gasteiger partial charge is 0.244 e. The number of aryl methyl sites for hydroxylation is 1. The number of hydrogen-bond donors (Lipinski definition) is 1. The number of nitrogens with zero attached hydrogens (tertiary/aromatic N) is 2. The minimum atomic E-state index is -0.336. The molecule has 144 valence electrons. The van der Waals surface area contributed by atoms with Gasteiger partial charge in [0.05, 0.1) is 18.5 Å². The Morgan fingerprint density at radius 2 is 1.89 bits per heavy atom. The monoisotopic (exact) mass is 399 g/mol. The molecule has 0 radical (unpaired) electrons. The van der Waals surface area contributed by atoms with Gasteiger partial charge in [0.25, 0.3) is 0 Å². The minimum Gasteiger partial charge on any atom is -0.497 e. The van der Waals surface area contributed by atoms with E-state index >= 15 is 0 Å². The predicted molar refractivity (Wildman–Crippen MR) is 107 cm³/mol. The quantitative estimate of drug-likeness (QED) is 0.628. The summed E-state index contributed by atoms with van der Waals surface area (Å²) in [4.78, 5) is 12.1. The van der Waals surface area contributed by atoms with Crippen LogP contribution >= 0.6 is 11.6 Å². The van der Waals surface area contributed by atoms with Crippen molar-refractivity contribution in [2.75, 3.05) is 7.11 Å². The number of halogens is 2. The summed E-state index contributed by atoms with van der Waals surface area (Å²) in [5.74, 6) is 0.177. The zero-order valence-electron chi connectivity index (χ0n) is 15.4. The Balaban J connectivity index is 1.67. The summed E-state index contributed by atoms with van der Waals surface area (Å²) >= 11 is 6.40. The molecule has 0 aliphatic carbocycles. The van der Waals surface area contributed by atoms with Crippen molar-refractivity contribution in [2.45, 2.75) is 13.5 Å². The second-order valence-corrected chi connectivity index (χ2v) is 6.44. The third kappa shape index (κ3) is 4.58. The Labute approximate surface area is 167 Å². The Hall–Kier alpha value is -3.12. The molecule has 1 heterocycles. The standard InChI is InChI=1S/C21H19ClFN3O2/c1-14-19(21(22)26(25-14)17-7-5-16(23)6-8-17)11-12-20(27)24-13-15-3-9-18(28-2)10-4-15/h3-12H,13H2,1-2H3,(H,24,27)/b12-11+. The van der Waals surface area contributed by atoms with E-state index in [1.165, 1.54) is 22.9 Å². The maximum absolute atomic E-state index is 13.1. The van der Waals surface area contributed by atoms with E-state index in [1.807, 2.05) is 24.3 Å². The van der Waals surface area contributed by atoms with Gasteiger partial charge in [-0.05, 0) is 55.0 Å². The molecular formula is C21H19ClFN3O2. The third-order valence-corrected chi connectivity index (χ3v) is 4.51. The number of ether oxygens (including phenoxy) is 1. The zero-order chi connectivity index (χ0) is 20.1. The largest absolute Gasteiger partial charge is 0.497 e. The van der Waals surface area contributed by atoms with Crippen LogP contribution in [0.25, 0.3) is 11.8 Å². The van der Waals surface area contributed by atoms with Crippen molar-refractivity contribution in [2.24, 2.45) is 0 Å². The summed E-state index contributed by atoms with van der Waals surface area (Å²) in [5.41, 5.74) is 2.89.